The number of nitriles is 1. The number of ether oxygens (including phenoxy) is 1. The molecule has 0 aliphatic carbocycles. The average molecular weight is 332 g/mol. The smallest absolute Gasteiger partial charge is 0.224 e. The van der Waals surface area contributed by atoms with Gasteiger partial charge in [-0.15, -0.1) is 0 Å². The number of benzene rings is 1. The molecule has 4 rings (SSSR count). The van der Waals surface area contributed by atoms with Crippen molar-refractivity contribution in [2.45, 2.75) is 19.4 Å². The molecule has 0 unspecified atom stereocenters. The van der Waals surface area contributed by atoms with Crippen molar-refractivity contribution in [1.82, 2.24) is 9.78 Å². The van der Waals surface area contributed by atoms with E-state index >= 15 is 0 Å². The summed E-state index contributed by atoms with van der Waals surface area (Å²) in [6, 6.07) is 15.7. The molecule has 1 aromatic carbocycles. The summed E-state index contributed by atoms with van der Waals surface area (Å²) in [4.78, 5) is 0. The summed E-state index contributed by atoms with van der Waals surface area (Å²) in [6.45, 7) is 2.45. The third-order valence-electron chi connectivity index (χ3n) is 4.30. The minimum absolute atomic E-state index is 0.0885. The molecule has 124 valence electrons. The highest BCUT2D eigenvalue weighted by Crippen LogP contribution is 2.43. The van der Waals surface area contributed by atoms with Gasteiger partial charge < -0.3 is 14.9 Å². The molecule has 1 aliphatic heterocycles. The normalized spacial score (nSPS) is 16.2. The standard InChI is InChI=1S/C19H16N4O2/c1-12-16-17(15-8-5-9-24-15)14(10-20)18(21)25-19(16)23(22-12)11-13-6-3-2-4-7-13/h2-9,17H,11,21H2,1H3/t17-/m0/s1. The van der Waals surface area contributed by atoms with Crippen LogP contribution in [-0.4, -0.2) is 9.78 Å². The summed E-state index contributed by atoms with van der Waals surface area (Å²) in [5.74, 6) is 0.879. The van der Waals surface area contributed by atoms with Crippen molar-refractivity contribution in [3.63, 3.8) is 0 Å². The first-order chi connectivity index (χ1) is 12.2. The van der Waals surface area contributed by atoms with Crippen LogP contribution in [0.5, 0.6) is 5.88 Å². The van der Waals surface area contributed by atoms with Crippen LogP contribution >= 0.6 is 0 Å². The molecule has 25 heavy (non-hydrogen) atoms. The second-order valence-electron chi connectivity index (χ2n) is 5.89. The van der Waals surface area contributed by atoms with Crippen molar-refractivity contribution in [2.24, 2.45) is 5.73 Å². The molecule has 0 saturated heterocycles. The zero-order chi connectivity index (χ0) is 17.4. The first-order valence-corrected chi connectivity index (χ1v) is 7.91. The van der Waals surface area contributed by atoms with E-state index in [-0.39, 0.29) is 5.88 Å². The summed E-state index contributed by atoms with van der Waals surface area (Å²) in [7, 11) is 0. The molecule has 3 heterocycles. The Balaban J connectivity index is 1.84. The van der Waals surface area contributed by atoms with Crippen LogP contribution in [-0.2, 0) is 6.54 Å². The van der Waals surface area contributed by atoms with Gasteiger partial charge >= 0.3 is 0 Å². The maximum atomic E-state index is 9.55. The molecule has 6 heteroatoms. The van der Waals surface area contributed by atoms with Gasteiger partial charge in [-0.05, 0) is 24.6 Å². The molecule has 0 fully saturated rings. The van der Waals surface area contributed by atoms with E-state index in [4.69, 9.17) is 14.9 Å². The number of fused-ring (bicyclic) bond motifs is 1. The number of furan rings is 1. The number of aromatic nitrogens is 2. The number of aryl methyl sites for hydroxylation is 1. The molecule has 0 saturated carbocycles. The lowest BCUT2D eigenvalue weighted by Crippen LogP contribution is -2.22. The van der Waals surface area contributed by atoms with Crippen molar-refractivity contribution in [1.29, 1.82) is 5.26 Å². The van der Waals surface area contributed by atoms with E-state index in [0.717, 1.165) is 16.8 Å². The molecule has 0 amide bonds. The van der Waals surface area contributed by atoms with Gasteiger partial charge in [0.25, 0.3) is 0 Å². The van der Waals surface area contributed by atoms with Crippen molar-refractivity contribution in [2.75, 3.05) is 0 Å². The monoisotopic (exact) mass is 332 g/mol. The van der Waals surface area contributed by atoms with Crippen LogP contribution in [0.3, 0.4) is 0 Å². The molecular formula is C19H16N4O2. The Bertz CT molecular complexity index is 979. The summed E-state index contributed by atoms with van der Waals surface area (Å²) >= 11 is 0. The van der Waals surface area contributed by atoms with Crippen molar-refractivity contribution in [3.05, 3.63) is 82.8 Å². The minimum atomic E-state index is -0.409. The predicted molar refractivity (Wildman–Crippen MR) is 90.5 cm³/mol. The van der Waals surface area contributed by atoms with Gasteiger partial charge in [-0.3, -0.25) is 0 Å². The molecular weight excluding hydrogens is 316 g/mol. The Morgan fingerprint density at radius 2 is 2.04 bits per heavy atom. The quantitative estimate of drug-likeness (QED) is 0.796. The average Bonchev–Trinajstić information content (AvgIpc) is 3.24. The molecule has 0 radical (unpaired) electrons. The van der Waals surface area contributed by atoms with Crippen molar-refractivity contribution < 1.29 is 9.15 Å². The number of allylic oxidation sites excluding steroid dienone is 1. The molecule has 0 bridgehead atoms. The molecule has 2 aromatic heterocycles. The number of nitrogens with zero attached hydrogens (tertiary/aromatic N) is 3. The topological polar surface area (TPSA) is 90.0 Å². The number of hydrogen-bond acceptors (Lipinski definition) is 5. The highest BCUT2D eigenvalue weighted by Gasteiger charge is 2.37. The third-order valence-corrected chi connectivity index (χ3v) is 4.30. The maximum Gasteiger partial charge on any atom is 0.224 e. The summed E-state index contributed by atoms with van der Waals surface area (Å²) in [5, 5.41) is 14.2. The first-order valence-electron chi connectivity index (χ1n) is 7.91. The highest BCUT2D eigenvalue weighted by atomic mass is 16.5. The fourth-order valence-electron chi connectivity index (χ4n) is 3.18. The van der Waals surface area contributed by atoms with E-state index in [1.54, 1.807) is 17.0 Å². The molecule has 3 aromatic rings. The highest BCUT2D eigenvalue weighted by molar-refractivity contribution is 5.53. The van der Waals surface area contributed by atoms with Crippen LogP contribution in [0.15, 0.2) is 64.6 Å². The lowest BCUT2D eigenvalue weighted by atomic mass is 9.88. The second kappa shape index (κ2) is 5.87. The van der Waals surface area contributed by atoms with Gasteiger partial charge in [-0.25, -0.2) is 4.68 Å². The Morgan fingerprint density at radius 3 is 2.72 bits per heavy atom. The molecule has 1 atom stereocenters. The van der Waals surface area contributed by atoms with Gasteiger partial charge in [-0.2, -0.15) is 10.4 Å². The van der Waals surface area contributed by atoms with Crippen LogP contribution in [0.2, 0.25) is 0 Å². The second-order valence-corrected chi connectivity index (χ2v) is 5.89. The Hall–Kier alpha value is -3.46. The number of nitrogens with two attached hydrogens (primary N) is 1. The Labute approximate surface area is 144 Å². The van der Waals surface area contributed by atoms with Crippen LogP contribution in [0.25, 0.3) is 0 Å². The van der Waals surface area contributed by atoms with Gasteiger partial charge in [-0.1, -0.05) is 30.3 Å². The fraction of sp³-hybridized carbons (Fsp3) is 0.158. The van der Waals surface area contributed by atoms with Gasteiger partial charge in [0.15, 0.2) is 0 Å². The molecule has 2 N–H and O–H groups in total. The van der Waals surface area contributed by atoms with Crippen molar-refractivity contribution in [3.8, 4) is 11.9 Å². The van der Waals surface area contributed by atoms with Gasteiger partial charge in [0, 0.05) is 0 Å². The summed E-state index contributed by atoms with van der Waals surface area (Å²) in [5.41, 5.74) is 9.06. The number of rotatable bonds is 3. The summed E-state index contributed by atoms with van der Waals surface area (Å²) < 4.78 is 13.1. The van der Waals surface area contributed by atoms with E-state index in [9.17, 15) is 5.26 Å². The SMILES string of the molecule is Cc1nn(Cc2ccccc2)c2c1[C@H](c1ccco1)C(C#N)=C(N)O2. The molecule has 6 nitrogen and oxygen atoms in total. The lowest BCUT2D eigenvalue weighted by Gasteiger charge is -2.23. The van der Waals surface area contributed by atoms with Gasteiger partial charge in [0.2, 0.25) is 11.8 Å². The maximum absolute atomic E-state index is 9.55. The Morgan fingerprint density at radius 1 is 1.24 bits per heavy atom. The number of hydrogen-bond donors (Lipinski definition) is 1. The Kier molecular flexibility index (Phi) is 3.55. The van der Waals surface area contributed by atoms with Crippen LogP contribution < -0.4 is 10.5 Å². The zero-order valence-electron chi connectivity index (χ0n) is 13.6. The fourth-order valence-corrected chi connectivity index (χ4v) is 3.18. The van der Waals surface area contributed by atoms with E-state index in [1.165, 1.54) is 0 Å². The zero-order valence-corrected chi connectivity index (χ0v) is 13.6. The van der Waals surface area contributed by atoms with E-state index < -0.39 is 5.92 Å². The van der Waals surface area contributed by atoms with Crippen LogP contribution in [0.4, 0.5) is 0 Å². The molecule has 1 aliphatic rings. The molecule has 0 spiro atoms. The predicted octanol–water partition coefficient (Wildman–Crippen LogP) is 3.05. The van der Waals surface area contributed by atoms with Gasteiger partial charge in [0.1, 0.15) is 17.4 Å². The largest absolute Gasteiger partial charge is 0.468 e. The van der Waals surface area contributed by atoms with Crippen LogP contribution in [0.1, 0.15) is 28.5 Å². The minimum Gasteiger partial charge on any atom is -0.468 e. The van der Waals surface area contributed by atoms with Crippen LogP contribution in [0, 0.1) is 18.3 Å². The van der Waals surface area contributed by atoms with Crippen molar-refractivity contribution >= 4 is 0 Å². The van der Waals surface area contributed by atoms with E-state index in [2.05, 4.69) is 11.2 Å². The lowest BCUT2D eigenvalue weighted by molar-refractivity contribution is 0.347. The first kappa shape index (κ1) is 15.1. The van der Waals surface area contributed by atoms with E-state index in [0.29, 0.717) is 23.8 Å². The third kappa shape index (κ3) is 2.46. The van der Waals surface area contributed by atoms with Gasteiger partial charge in [0.05, 0.1) is 30.0 Å². The van der Waals surface area contributed by atoms with E-state index in [1.807, 2.05) is 43.3 Å². The summed E-state index contributed by atoms with van der Waals surface area (Å²) in [6.07, 6.45) is 1.58.